The molecule has 3 N–H and O–H groups in total. The summed E-state index contributed by atoms with van der Waals surface area (Å²) in [6.07, 6.45) is 1.68. The van der Waals surface area contributed by atoms with E-state index in [-0.39, 0.29) is 17.3 Å². The lowest BCUT2D eigenvalue weighted by molar-refractivity contribution is 0.282. The molecule has 0 aliphatic carbocycles. The van der Waals surface area contributed by atoms with E-state index < -0.39 is 9.84 Å². The maximum atomic E-state index is 13.3. The molecular formula is C24H27NO4S. The monoisotopic (exact) mass is 425 g/mol. The van der Waals surface area contributed by atoms with Crippen molar-refractivity contribution in [1.29, 1.82) is 0 Å². The molecule has 30 heavy (non-hydrogen) atoms. The maximum absolute atomic E-state index is 13.3. The molecule has 0 fully saturated rings. The molecule has 0 saturated carbocycles. The van der Waals surface area contributed by atoms with Gasteiger partial charge in [-0.3, -0.25) is 0 Å². The topological polar surface area (TPSA) is 89.6 Å². The molecule has 0 atom stereocenters. The number of benzene rings is 3. The molecule has 3 aromatic carbocycles. The Hall–Kier alpha value is -2.67. The second kappa shape index (κ2) is 9.89. The van der Waals surface area contributed by atoms with Crippen LogP contribution in [0.1, 0.15) is 23.1 Å². The maximum Gasteiger partial charge on any atom is 0.186 e. The summed E-state index contributed by atoms with van der Waals surface area (Å²) in [5, 5.41) is 9.39. The van der Waals surface area contributed by atoms with Crippen molar-refractivity contribution in [2.24, 2.45) is 5.73 Å². The van der Waals surface area contributed by atoms with Gasteiger partial charge in [0.25, 0.3) is 0 Å². The molecule has 0 radical (unpaired) electrons. The number of aryl methyl sites for hydroxylation is 1. The molecule has 6 heteroatoms. The predicted molar refractivity (Wildman–Crippen MR) is 119 cm³/mol. The van der Waals surface area contributed by atoms with E-state index in [1.807, 2.05) is 54.6 Å². The van der Waals surface area contributed by atoms with Crippen LogP contribution in [0, 0.1) is 0 Å². The Balaban J connectivity index is 1.96. The molecule has 0 aliphatic heterocycles. The number of sulfone groups is 1. The van der Waals surface area contributed by atoms with Crippen LogP contribution in [0.5, 0.6) is 5.75 Å². The summed E-state index contributed by atoms with van der Waals surface area (Å²) in [6.45, 7) is 0.527. The standard InChI is InChI=1S/C24H27NO4S/c1-29-23-11-10-22(21-9-3-6-19(14-21)16-26)15-24(23)30(27,28)17-20-7-2-5-18(13-20)8-4-12-25/h2-3,5-7,9-11,13-15,26H,4,8,12,16-17,25H2,1H3. The van der Waals surface area contributed by atoms with Crippen LogP contribution in [-0.2, 0) is 28.6 Å². The van der Waals surface area contributed by atoms with Gasteiger partial charge in [-0.1, -0.05) is 48.5 Å². The average Bonchev–Trinajstić information content (AvgIpc) is 2.77. The van der Waals surface area contributed by atoms with E-state index in [1.165, 1.54) is 7.11 Å². The number of ether oxygens (including phenoxy) is 1. The van der Waals surface area contributed by atoms with Crippen LogP contribution < -0.4 is 10.5 Å². The SMILES string of the molecule is COc1ccc(-c2cccc(CO)c2)cc1S(=O)(=O)Cc1cccc(CCCN)c1. The lowest BCUT2D eigenvalue weighted by atomic mass is 10.0. The predicted octanol–water partition coefficient (Wildman–Crippen LogP) is 3.72. The third-order valence-electron chi connectivity index (χ3n) is 4.96. The highest BCUT2D eigenvalue weighted by molar-refractivity contribution is 7.90. The van der Waals surface area contributed by atoms with E-state index in [4.69, 9.17) is 10.5 Å². The van der Waals surface area contributed by atoms with Crippen molar-refractivity contribution in [3.63, 3.8) is 0 Å². The van der Waals surface area contributed by atoms with Crippen molar-refractivity contribution in [3.8, 4) is 16.9 Å². The second-order valence-corrected chi connectivity index (χ2v) is 9.15. The van der Waals surface area contributed by atoms with Crippen LogP contribution in [0.4, 0.5) is 0 Å². The van der Waals surface area contributed by atoms with Crippen molar-refractivity contribution < 1.29 is 18.3 Å². The fourth-order valence-corrected chi connectivity index (χ4v) is 4.97. The van der Waals surface area contributed by atoms with E-state index >= 15 is 0 Å². The largest absolute Gasteiger partial charge is 0.495 e. The molecule has 0 unspecified atom stereocenters. The van der Waals surface area contributed by atoms with Gasteiger partial charge in [0.2, 0.25) is 0 Å². The molecule has 0 amide bonds. The van der Waals surface area contributed by atoms with Crippen molar-refractivity contribution in [2.75, 3.05) is 13.7 Å². The first-order valence-corrected chi connectivity index (χ1v) is 11.5. The minimum atomic E-state index is -3.64. The smallest absolute Gasteiger partial charge is 0.186 e. The Morgan fingerprint density at radius 3 is 2.33 bits per heavy atom. The van der Waals surface area contributed by atoms with Gasteiger partial charge in [0.1, 0.15) is 10.6 Å². The third kappa shape index (κ3) is 5.27. The Morgan fingerprint density at radius 2 is 1.60 bits per heavy atom. The van der Waals surface area contributed by atoms with Gasteiger partial charge in [-0.2, -0.15) is 0 Å². The van der Waals surface area contributed by atoms with Crippen molar-refractivity contribution in [2.45, 2.75) is 30.1 Å². The zero-order valence-electron chi connectivity index (χ0n) is 17.0. The zero-order chi connectivity index (χ0) is 21.6. The Morgan fingerprint density at radius 1 is 0.900 bits per heavy atom. The number of nitrogens with two attached hydrogens (primary N) is 1. The third-order valence-corrected chi connectivity index (χ3v) is 6.66. The fraction of sp³-hybridized carbons (Fsp3) is 0.250. The van der Waals surface area contributed by atoms with E-state index in [9.17, 15) is 13.5 Å². The second-order valence-electron chi connectivity index (χ2n) is 7.20. The Labute approximate surface area is 178 Å². The molecule has 0 aliphatic rings. The summed E-state index contributed by atoms with van der Waals surface area (Å²) in [5.74, 6) is 0.205. The quantitative estimate of drug-likeness (QED) is 0.545. The summed E-state index contributed by atoms with van der Waals surface area (Å²) in [7, 11) is -2.17. The molecule has 3 rings (SSSR count). The normalized spacial score (nSPS) is 11.4. The number of aliphatic hydroxyl groups excluding tert-OH is 1. The van der Waals surface area contributed by atoms with Crippen LogP contribution in [0.25, 0.3) is 11.1 Å². The Bertz CT molecular complexity index is 1110. The van der Waals surface area contributed by atoms with Gasteiger partial charge in [0, 0.05) is 0 Å². The van der Waals surface area contributed by atoms with Gasteiger partial charge in [-0.15, -0.1) is 0 Å². The Kier molecular flexibility index (Phi) is 7.26. The van der Waals surface area contributed by atoms with Gasteiger partial charge in [-0.05, 0) is 65.4 Å². The van der Waals surface area contributed by atoms with Crippen LogP contribution in [0.15, 0.2) is 71.6 Å². The van der Waals surface area contributed by atoms with Gasteiger partial charge in [-0.25, -0.2) is 8.42 Å². The fourth-order valence-electron chi connectivity index (χ4n) is 3.43. The van der Waals surface area contributed by atoms with Crippen LogP contribution >= 0.6 is 0 Å². The summed E-state index contributed by atoms with van der Waals surface area (Å²) >= 11 is 0. The lowest BCUT2D eigenvalue weighted by Gasteiger charge is -2.13. The molecule has 0 heterocycles. The number of aliphatic hydroxyl groups is 1. The van der Waals surface area contributed by atoms with E-state index in [0.29, 0.717) is 12.3 Å². The van der Waals surface area contributed by atoms with Crippen molar-refractivity contribution >= 4 is 9.84 Å². The minimum Gasteiger partial charge on any atom is -0.495 e. The first kappa shape index (κ1) is 22.0. The number of hydrogen-bond donors (Lipinski definition) is 2. The summed E-state index contributed by atoms with van der Waals surface area (Å²) in [4.78, 5) is 0.157. The minimum absolute atomic E-state index is 0.0738. The molecular weight excluding hydrogens is 398 g/mol. The summed E-state index contributed by atoms with van der Waals surface area (Å²) in [6, 6.07) is 20.1. The van der Waals surface area contributed by atoms with Crippen molar-refractivity contribution in [1.82, 2.24) is 0 Å². The molecule has 0 bridgehead atoms. The van der Waals surface area contributed by atoms with Gasteiger partial charge in [0.05, 0.1) is 19.5 Å². The number of methoxy groups -OCH3 is 1. The van der Waals surface area contributed by atoms with Crippen LogP contribution in [0.2, 0.25) is 0 Å². The molecule has 3 aromatic rings. The number of rotatable bonds is 9. The first-order chi connectivity index (χ1) is 14.5. The van der Waals surface area contributed by atoms with Gasteiger partial charge >= 0.3 is 0 Å². The molecule has 0 saturated heterocycles. The first-order valence-electron chi connectivity index (χ1n) is 9.85. The summed E-state index contributed by atoms with van der Waals surface area (Å²) in [5.41, 5.74) is 9.75. The van der Waals surface area contributed by atoms with E-state index in [0.717, 1.165) is 40.7 Å². The molecule has 5 nitrogen and oxygen atoms in total. The van der Waals surface area contributed by atoms with Crippen LogP contribution in [-0.4, -0.2) is 27.2 Å². The van der Waals surface area contributed by atoms with Crippen LogP contribution in [0.3, 0.4) is 0 Å². The lowest BCUT2D eigenvalue weighted by Crippen LogP contribution is -2.08. The zero-order valence-corrected chi connectivity index (χ0v) is 17.9. The van der Waals surface area contributed by atoms with Gasteiger partial charge < -0.3 is 15.6 Å². The molecule has 0 spiro atoms. The highest BCUT2D eigenvalue weighted by Gasteiger charge is 2.21. The van der Waals surface area contributed by atoms with Crippen molar-refractivity contribution in [3.05, 3.63) is 83.4 Å². The highest BCUT2D eigenvalue weighted by Crippen LogP contribution is 2.32. The molecule has 0 aromatic heterocycles. The van der Waals surface area contributed by atoms with E-state index in [2.05, 4.69) is 0 Å². The van der Waals surface area contributed by atoms with Gasteiger partial charge in [0.15, 0.2) is 9.84 Å². The molecule has 158 valence electrons. The average molecular weight is 426 g/mol. The highest BCUT2D eigenvalue weighted by atomic mass is 32.2. The van der Waals surface area contributed by atoms with E-state index in [1.54, 1.807) is 12.1 Å². The summed E-state index contributed by atoms with van der Waals surface area (Å²) < 4.78 is 31.9. The number of hydrogen-bond acceptors (Lipinski definition) is 5.